The van der Waals surface area contributed by atoms with Gasteiger partial charge in [0.1, 0.15) is 0 Å². The number of hydrogen-bond donors (Lipinski definition) is 2. The highest BCUT2D eigenvalue weighted by molar-refractivity contribution is 5.89. The van der Waals surface area contributed by atoms with Crippen molar-refractivity contribution in [1.82, 2.24) is 4.98 Å². The van der Waals surface area contributed by atoms with Crippen LogP contribution in [0.15, 0.2) is 14.9 Å². The minimum atomic E-state index is -1.10. The van der Waals surface area contributed by atoms with E-state index in [4.69, 9.17) is 13.9 Å². The van der Waals surface area contributed by atoms with Gasteiger partial charge in [0.05, 0.1) is 12.2 Å². The van der Waals surface area contributed by atoms with E-state index in [0.717, 1.165) is 0 Å². The van der Waals surface area contributed by atoms with Crippen molar-refractivity contribution in [3.8, 4) is 11.5 Å². The Hall–Kier alpha value is -2.24. The first kappa shape index (κ1) is 9.02. The van der Waals surface area contributed by atoms with Crippen LogP contribution in [0.25, 0.3) is 11.5 Å². The second-order valence-corrected chi connectivity index (χ2v) is 3.52. The number of aryl methyl sites for hydroxylation is 1. The van der Waals surface area contributed by atoms with E-state index in [0.29, 0.717) is 35.3 Å². The lowest BCUT2D eigenvalue weighted by molar-refractivity contribution is 0.0663. The zero-order valence-electron chi connectivity index (χ0n) is 8.40. The Labute approximate surface area is 89.9 Å². The first-order valence-electron chi connectivity index (χ1n) is 4.73. The number of carboxylic acids is 1. The van der Waals surface area contributed by atoms with E-state index in [2.05, 4.69) is 10.3 Å². The Morgan fingerprint density at radius 3 is 3.12 bits per heavy atom. The van der Waals surface area contributed by atoms with Gasteiger partial charge >= 0.3 is 5.97 Å². The second kappa shape index (κ2) is 2.88. The van der Waals surface area contributed by atoms with Crippen LogP contribution in [0.3, 0.4) is 0 Å². The van der Waals surface area contributed by atoms with Crippen LogP contribution in [0, 0.1) is 6.92 Å². The molecule has 16 heavy (non-hydrogen) atoms. The SMILES string of the molecule is Cc1nc2c(o1)CNc1cc(C(=O)O)oc1-2. The van der Waals surface area contributed by atoms with Gasteiger partial charge in [-0.05, 0) is 0 Å². The lowest BCUT2D eigenvalue weighted by Crippen LogP contribution is -2.04. The fourth-order valence-electron chi connectivity index (χ4n) is 1.75. The van der Waals surface area contributed by atoms with Crippen molar-refractivity contribution >= 4 is 11.7 Å². The van der Waals surface area contributed by atoms with Crippen LogP contribution in [0.5, 0.6) is 0 Å². The topological polar surface area (TPSA) is 88.5 Å². The molecule has 3 heterocycles. The fourth-order valence-corrected chi connectivity index (χ4v) is 1.75. The van der Waals surface area contributed by atoms with Crippen LogP contribution < -0.4 is 5.32 Å². The first-order valence-corrected chi connectivity index (χ1v) is 4.73. The Morgan fingerprint density at radius 1 is 1.56 bits per heavy atom. The highest BCUT2D eigenvalue weighted by Crippen LogP contribution is 2.37. The third kappa shape index (κ3) is 1.13. The minimum absolute atomic E-state index is 0.106. The summed E-state index contributed by atoms with van der Waals surface area (Å²) in [5.74, 6) is 0.420. The molecule has 6 nitrogen and oxygen atoms in total. The standard InChI is InChI=1S/C10H8N2O4/c1-4-12-8-7(15-4)3-11-5-2-6(10(13)14)16-9(5)8/h2,11H,3H2,1H3,(H,13,14). The summed E-state index contributed by atoms with van der Waals surface area (Å²) in [7, 11) is 0. The molecule has 0 fully saturated rings. The van der Waals surface area contributed by atoms with Crippen molar-refractivity contribution < 1.29 is 18.7 Å². The van der Waals surface area contributed by atoms with E-state index < -0.39 is 5.97 Å². The molecule has 0 radical (unpaired) electrons. The Balaban J connectivity index is 2.19. The molecule has 0 atom stereocenters. The number of furan rings is 1. The zero-order valence-corrected chi connectivity index (χ0v) is 8.40. The predicted octanol–water partition coefficient (Wildman–Crippen LogP) is 1.87. The van der Waals surface area contributed by atoms with Gasteiger partial charge in [-0.2, -0.15) is 0 Å². The lowest BCUT2D eigenvalue weighted by atomic mass is 10.2. The quantitative estimate of drug-likeness (QED) is 0.762. The van der Waals surface area contributed by atoms with Crippen LogP contribution in [0.1, 0.15) is 22.2 Å². The average Bonchev–Trinajstić information content (AvgIpc) is 2.77. The van der Waals surface area contributed by atoms with Crippen molar-refractivity contribution in [2.24, 2.45) is 0 Å². The average molecular weight is 220 g/mol. The Kier molecular flexibility index (Phi) is 1.62. The van der Waals surface area contributed by atoms with Crippen LogP contribution >= 0.6 is 0 Å². The fraction of sp³-hybridized carbons (Fsp3) is 0.200. The highest BCUT2D eigenvalue weighted by Gasteiger charge is 2.27. The van der Waals surface area contributed by atoms with Crippen LogP contribution in [-0.4, -0.2) is 16.1 Å². The van der Waals surface area contributed by atoms with E-state index in [9.17, 15) is 4.79 Å². The number of aromatic nitrogens is 1. The van der Waals surface area contributed by atoms with Crippen molar-refractivity contribution in [1.29, 1.82) is 0 Å². The lowest BCUT2D eigenvalue weighted by Gasteiger charge is -2.09. The number of anilines is 1. The first-order chi connectivity index (χ1) is 7.65. The Morgan fingerprint density at radius 2 is 2.38 bits per heavy atom. The maximum Gasteiger partial charge on any atom is 0.371 e. The van der Waals surface area contributed by atoms with Crippen LogP contribution in [-0.2, 0) is 6.54 Å². The number of carbonyl (C=O) groups is 1. The monoisotopic (exact) mass is 220 g/mol. The third-order valence-corrected chi connectivity index (χ3v) is 2.40. The van der Waals surface area contributed by atoms with Gasteiger partial charge in [-0.3, -0.25) is 0 Å². The molecule has 0 saturated carbocycles. The second-order valence-electron chi connectivity index (χ2n) is 3.52. The highest BCUT2D eigenvalue weighted by atomic mass is 16.4. The van der Waals surface area contributed by atoms with E-state index >= 15 is 0 Å². The number of oxazole rings is 1. The normalized spacial score (nSPS) is 12.8. The number of carboxylic acid groups (broad SMARTS) is 1. The third-order valence-electron chi connectivity index (χ3n) is 2.40. The van der Waals surface area contributed by atoms with E-state index in [1.54, 1.807) is 6.92 Å². The molecule has 0 bridgehead atoms. The molecule has 2 aromatic heterocycles. The molecule has 2 aromatic rings. The van der Waals surface area contributed by atoms with Gasteiger partial charge in [0.15, 0.2) is 23.1 Å². The molecule has 2 N–H and O–H groups in total. The molecule has 3 rings (SSSR count). The summed E-state index contributed by atoms with van der Waals surface area (Å²) in [4.78, 5) is 14.9. The molecule has 0 aliphatic carbocycles. The number of nitrogens with zero attached hydrogens (tertiary/aromatic N) is 1. The molecule has 82 valence electrons. The molecule has 0 amide bonds. The summed E-state index contributed by atoms with van der Waals surface area (Å²) in [5.41, 5.74) is 1.22. The number of nitrogens with one attached hydrogen (secondary N) is 1. The van der Waals surface area contributed by atoms with Gasteiger partial charge in [0.2, 0.25) is 5.76 Å². The summed E-state index contributed by atoms with van der Waals surface area (Å²) in [6, 6.07) is 1.45. The number of aromatic carboxylic acids is 1. The van der Waals surface area contributed by atoms with E-state index in [1.165, 1.54) is 6.07 Å². The van der Waals surface area contributed by atoms with Gasteiger partial charge in [-0.25, -0.2) is 9.78 Å². The maximum absolute atomic E-state index is 10.8. The zero-order chi connectivity index (χ0) is 11.3. The van der Waals surface area contributed by atoms with Gasteiger partial charge in [0, 0.05) is 13.0 Å². The predicted molar refractivity (Wildman–Crippen MR) is 53.2 cm³/mol. The number of hydrogen-bond acceptors (Lipinski definition) is 5. The summed E-state index contributed by atoms with van der Waals surface area (Å²) >= 11 is 0. The summed E-state index contributed by atoms with van der Waals surface area (Å²) in [6.07, 6.45) is 0. The summed E-state index contributed by atoms with van der Waals surface area (Å²) in [6.45, 7) is 2.22. The van der Waals surface area contributed by atoms with E-state index in [-0.39, 0.29) is 5.76 Å². The smallest absolute Gasteiger partial charge is 0.371 e. The van der Waals surface area contributed by atoms with Gasteiger partial charge < -0.3 is 19.3 Å². The van der Waals surface area contributed by atoms with Crippen LogP contribution in [0.4, 0.5) is 5.69 Å². The van der Waals surface area contributed by atoms with Crippen molar-refractivity contribution in [3.63, 3.8) is 0 Å². The van der Waals surface area contributed by atoms with Crippen LogP contribution in [0.2, 0.25) is 0 Å². The number of rotatable bonds is 1. The Bertz CT molecular complexity index is 582. The minimum Gasteiger partial charge on any atom is -0.475 e. The molecule has 0 saturated heterocycles. The molecule has 6 heteroatoms. The molecular formula is C10H8N2O4. The number of fused-ring (bicyclic) bond motifs is 3. The molecule has 1 aliphatic rings. The van der Waals surface area contributed by atoms with Crippen molar-refractivity contribution in [2.75, 3.05) is 5.32 Å². The van der Waals surface area contributed by atoms with E-state index in [1.807, 2.05) is 0 Å². The summed E-state index contributed by atoms with van der Waals surface area (Å²) in [5, 5.41) is 11.8. The largest absolute Gasteiger partial charge is 0.475 e. The van der Waals surface area contributed by atoms with Gasteiger partial charge in [-0.15, -0.1) is 0 Å². The maximum atomic E-state index is 10.8. The molecular weight excluding hydrogens is 212 g/mol. The molecule has 1 aliphatic heterocycles. The molecule has 0 spiro atoms. The molecule has 0 aromatic carbocycles. The van der Waals surface area contributed by atoms with Gasteiger partial charge in [-0.1, -0.05) is 0 Å². The summed E-state index contributed by atoms with van der Waals surface area (Å²) < 4.78 is 10.6. The van der Waals surface area contributed by atoms with Crippen molar-refractivity contribution in [2.45, 2.75) is 13.5 Å². The van der Waals surface area contributed by atoms with Crippen molar-refractivity contribution in [3.05, 3.63) is 23.5 Å². The van der Waals surface area contributed by atoms with Gasteiger partial charge in [0.25, 0.3) is 0 Å². The molecule has 0 unspecified atom stereocenters.